The fraction of sp³-hybridized carbons (Fsp3) is 0.370. The van der Waals surface area contributed by atoms with Crippen LogP contribution in [0.4, 0.5) is 0 Å². The molecular weight excluding hydrogens is 444 g/mol. The molecule has 1 N–H and O–H groups in total. The number of ether oxygens (including phenoxy) is 1. The molecule has 0 radical (unpaired) electrons. The molecule has 0 bridgehead atoms. The summed E-state index contributed by atoms with van der Waals surface area (Å²) in [6.45, 7) is 9.73. The lowest BCUT2D eigenvalue weighted by atomic mass is 9.95. The SMILES string of the molecule is CCc1ccc(-c2noc(C3=C(C)N(CCCOC(C)C)C(=S)NC3c3ccccc3)n2)cc1. The van der Waals surface area contributed by atoms with Gasteiger partial charge in [-0.3, -0.25) is 0 Å². The molecule has 2 aromatic carbocycles. The third-order valence-electron chi connectivity index (χ3n) is 5.98. The number of aromatic nitrogens is 2. The second kappa shape index (κ2) is 10.9. The molecule has 0 amide bonds. The summed E-state index contributed by atoms with van der Waals surface area (Å²) >= 11 is 5.76. The zero-order valence-corrected chi connectivity index (χ0v) is 21.1. The van der Waals surface area contributed by atoms with Crippen molar-refractivity contribution < 1.29 is 9.26 Å². The lowest BCUT2D eigenvalue weighted by molar-refractivity contribution is 0.0749. The Kier molecular flexibility index (Phi) is 7.75. The van der Waals surface area contributed by atoms with E-state index in [4.69, 9.17) is 26.5 Å². The molecule has 0 fully saturated rings. The van der Waals surface area contributed by atoms with Crippen molar-refractivity contribution in [2.24, 2.45) is 0 Å². The Labute approximate surface area is 207 Å². The minimum Gasteiger partial charge on any atom is -0.379 e. The van der Waals surface area contributed by atoms with Crippen molar-refractivity contribution in [1.29, 1.82) is 0 Å². The molecule has 7 heteroatoms. The molecule has 1 aliphatic rings. The quantitative estimate of drug-likeness (QED) is 0.310. The van der Waals surface area contributed by atoms with Gasteiger partial charge in [-0.15, -0.1) is 0 Å². The average Bonchev–Trinajstić information content (AvgIpc) is 3.33. The molecule has 0 spiro atoms. The molecule has 4 rings (SSSR count). The van der Waals surface area contributed by atoms with Crippen LogP contribution in [0.3, 0.4) is 0 Å². The Balaban J connectivity index is 1.68. The molecule has 6 nitrogen and oxygen atoms in total. The number of nitrogens with zero attached hydrogens (tertiary/aromatic N) is 3. The van der Waals surface area contributed by atoms with Crippen molar-refractivity contribution in [1.82, 2.24) is 20.4 Å². The molecule has 0 saturated heterocycles. The third kappa shape index (κ3) is 5.37. The number of hydrogen-bond acceptors (Lipinski definition) is 5. The second-order valence-electron chi connectivity index (χ2n) is 8.69. The molecule has 1 aliphatic heterocycles. The molecule has 1 aromatic heterocycles. The molecule has 3 aromatic rings. The first kappa shape index (κ1) is 24.1. The summed E-state index contributed by atoms with van der Waals surface area (Å²) in [7, 11) is 0. The van der Waals surface area contributed by atoms with Crippen LogP contribution in [0, 0.1) is 0 Å². The number of nitrogens with one attached hydrogen (secondary N) is 1. The average molecular weight is 477 g/mol. The highest BCUT2D eigenvalue weighted by Gasteiger charge is 2.33. The fourth-order valence-electron chi connectivity index (χ4n) is 4.10. The first-order valence-corrected chi connectivity index (χ1v) is 12.3. The third-order valence-corrected chi connectivity index (χ3v) is 6.32. The van der Waals surface area contributed by atoms with Gasteiger partial charge >= 0.3 is 0 Å². The van der Waals surface area contributed by atoms with E-state index in [1.165, 1.54) is 5.56 Å². The summed E-state index contributed by atoms with van der Waals surface area (Å²) < 4.78 is 11.6. The predicted octanol–water partition coefficient (Wildman–Crippen LogP) is 5.78. The van der Waals surface area contributed by atoms with E-state index in [1.54, 1.807) is 0 Å². The Morgan fingerprint density at radius 2 is 1.85 bits per heavy atom. The van der Waals surface area contributed by atoms with Gasteiger partial charge in [0.1, 0.15) is 0 Å². The highest BCUT2D eigenvalue weighted by molar-refractivity contribution is 7.80. The van der Waals surface area contributed by atoms with Crippen molar-refractivity contribution in [2.45, 2.75) is 52.7 Å². The summed E-state index contributed by atoms with van der Waals surface area (Å²) in [6, 6.07) is 18.3. The Morgan fingerprint density at radius 3 is 2.53 bits per heavy atom. The van der Waals surface area contributed by atoms with Crippen LogP contribution >= 0.6 is 12.2 Å². The summed E-state index contributed by atoms with van der Waals surface area (Å²) in [4.78, 5) is 6.90. The van der Waals surface area contributed by atoms with Crippen LogP contribution in [-0.4, -0.2) is 39.4 Å². The molecule has 2 heterocycles. The Morgan fingerprint density at radius 1 is 1.12 bits per heavy atom. The van der Waals surface area contributed by atoms with Crippen LogP contribution < -0.4 is 5.32 Å². The molecule has 0 aliphatic carbocycles. The fourth-order valence-corrected chi connectivity index (χ4v) is 4.45. The van der Waals surface area contributed by atoms with E-state index in [2.05, 4.69) is 53.5 Å². The smallest absolute Gasteiger partial charge is 0.258 e. The highest BCUT2D eigenvalue weighted by atomic mass is 32.1. The monoisotopic (exact) mass is 476 g/mol. The summed E-state index contributed by atoms with van der Waals surface area (Å²) in [6.07, 6.45) is 2.07. The summed E-state index contributed by atoms with van der Waals surface area (Å²) in [5.41, 5.74) is 5.25. The van der Waals surface area contributed by atoms with Crippen LogP contribution in [0.15, 0.2) is 64.8 Å². The van der Waals surface area contributed by atoms with Crippen LogP contribution in [-0.2, 0) is 11.2 Å². The van der Waals surface area contributed by atoms with Crippen LogP contribution in [0.2, 0.25) is 0 Å². The number of hydrogen-bond donors (Lipinski definition) is 1. The number of benzene rings is 2. The van der Waals surface area contributed by atoms with Crippen molar-refractivity contribution >= 4 is 22.9 Å². The van der Waals surface area contributed by atoms with Crippen LogP contribution in [0.5, 0.6) is 0 Å². The number of aryl methyl sites for hydroxylation is 1. The van der Waals surface area contributed by atoms with Crippen molar-refractivity contribution in [2.75, 3.05) is 13.2 Å². The van der Waals surface area contributed by atoms with Gasteiger partial charge in [0.25, 0.3) is 5.89 Å². The zero-order chi connectivity index (χ0) is 24.1. The topological polar surface area (TPSA) is 63.4 Å². The number of thiocarbonyl (C=S) groups is 1. The van der Waals surface area contributed by atoms with E-state index in [9.17, 15) is 0 Å². The lowest BCUT2D eigenvalue weighted by Gasteiger charge is -2.37. The molecule has 178 valence electrons. The van der Waals surface area contributed by atoms with E-state index in [0.29, 0.717) is 23.4 Å². The van der Waals surface area contributed by atoms with Crippen LogP contribution in [0.25, 0.3) is 17.0 Å². The van der Waals surface area contributed by atoms with E-state index in [0.717, 1.165) is 41.8 Å². The van der Waals surface area contributed by atoms with Gasteiger partial charge in [0.2, 0.25) is 5.82 Å². The van der Waals surface area contributed by atoms with Crippen LogP contribution in [0.1, 0.15) is 57.2 Å². The second-order valence-corrected chi connectivity index (χ2v) is 9.08. The van der Waals surface area contributed by atoms with Gasteiger partial charge in [-0.05, 0) is 57.0 Å². The van der Waals surface area contributed by atoms with Gasteiger partial charge in [-0.2, -0.15) is 4.98 Å². The standard InChI is InChI=1S/C27H32N4O2S/c1-5-20-12-14-22(15-13-20)25-29-26(33-30-25)23-19(4)31(16-9-17-32-18(2)3)27(34)28-24(23)21-10-7-6-8-11-21/h6-8,10-15,18,24H,5,9,16-17H2,1-4H3,(H,28,34). The van der Waals surface area contributed by atoms with Gasteiger partial charge in [-0.25, -0.2) is 0 Å². The van der Waals surface area contributed by atoms with Gasteiger partial charge in [-0.1, -0.05) is 66.7 Å². The van der Waals surface area contributed by atoms with Crippen molar-refractivity contribution in [3.63, 3.8) is 0 Å². The van der Waals surface area contributed by atoms with Gasteiger partial charge in [0.05, 0.1) is 17.7 Å². The highest BCUT2D eigenvalue weighted by Crippen LogP contribution is 2.37. The van der Waals surface area contributed by atoms with E-state index >= 15 is 0 Å². The lowest BCUT2D eigenvalue weighted by Crippen LogP contribution is -2.46. The minimum atomic E-state index is -0.173. The molecule has 1 atom stereocenters. The Bertz CT molecular complexity index is 1140. The van der Waals surface area contributed by atoms with E-state index < -0.39 is 0 Å². The van der Waals surface area contributed by atoms with Crippen molar-refractivity contribution in [3.8, 4) is 11.4 Å². The minimum absolute atomic E-state index is 0.173. The van der Waals surface area contributed by atoms with E-state index in [-0.39, 0.29) is 12.1 Å². The molecular formula is C27H32N4O2S. The predicted molar refractivity (Wildman–Crippen MR) is 139 cm³/mol. The van der Waals surface area contributed by atoms with Gasteiger partial charge < -0.3 is 19.5 Å². The number of allylic oxidation sites excluding steroid dienone is 1. The zero-order valence-electron chi connectivity index (χ0n) is 20.2. The first-order chi connectivity index (χ1) is 16.5. The molecule has 34 heavy (non-hydrogen) atoms. The van der Waals surface area contributed by atoms with Crippen molar-refractivity contribution in [3.05, 3.63) is 77.3 Å². The normalized spacial score (nSPS) is 16.3. The summed E-state index contributed by atoms with van der Waals surface area (Å²) in [5, 5.41) is 8.49. The summed E-state index contributed by atoms with van der Waals surface area (Å²) in [5.74, 6) is 1.08. The Hall–Kier alpha value is -3.03. The molecule has 0 saturated carbocycles. The maximum atomic E-state index is 5.82. The largest absolute Gasteiger partial charge is 0.379 e. The first-order valence-electron chi connectivity index (χ1n) is 11.9. The van der Waals surface area contributed by atoms with Gasteiger partial charge in [0, 0.05) is 24.4 Å². The number of rotatable bonds is 9. The van der Waals surface area contributed by atoms with Gasteiger partial charge in [0.15, 0.2) is 5.11 Å². The maximum Gasteiger partial charge on any atom is 0.258 e. The maximum absolute atomic E-state index is 5.82. The van der Waals surface area contributed by atoms with E-state index in [1.807, 2.05) is 44.2 Å². The molecule has 1 unspecified atom stereocenters.